The van der Waals surface area contributed by atoms with Crippen molar-refractivity contribution in [3.8, 4) is 11.4 Å². The standard InChI is InChI=1S/C12H13N3O2.HI/c1-14-6-7-15(12(14)9-13-16)10-4-3-5-11(8-10)17-2;/h3-9H,1-2H3;1H. The molecule has 0 radical (unpaired) electrons. The lowest BCUT2D eigenvalue weighted by Gasteiger charge is -2.02. The van der Waals surface area contributed by atoms with Gasteiger partial charge in [0.15, 0.2) is 6.21 Å². The minimum Gasteiger partial charge on any atom is -1.00 e. The van der Waals surface area contributed by atoms with Crippen LogP contribution in [0.3, 0.4) is 0 Å². The summed E-state index contributed by atoms with van der Waals surface area (Å²) in [5, 5.41) is 11.7. The molecule has 2 rings (SSSR count). The number of oxime groups is 1. The van der Waals surface area contributed by atoms with Crippen LogP contribution in [0.2, 0.25) is 0 Å². The second-order valence-corrected chi connectivity index (χ2v) is 3.58. The van der Waals surface area contributed by atoms with E-state index in [1.54, 1.807) is 7.11 Å². The Labute approximate surface area is 122 Å². The first-order valence-corrected chi connectivity index (χ1v) is 5.15. The molecule has 1 aromatic carbocycles. The lowest BCUT2D eigenvalue weighted by atomic mass is 10.3. The largest absolute Gasteiger partial charge is 1.00 e. The minimum absolute atomic E-state index is 0. The van der Waals surface area contributed by atoms with Crippen LogP contribution >= 0.6 is 0 Å². The van der Waals surface area contributed by atoms with Gasteiger partial charge in [0.1, 0.15) is 23.8 Å². The Hall–Kier alpha value is -1.57. The fraction of sp³-hybridized carbons (Fsp3) is 0.167. The summed E-state index contributed by atoms with van der Waals surface area (Å²) >= 11 is 0. The summed E-state index contributed by atoms with van der Waals surface area (Å²) in [6.45, 7) is 0. The second-order valence-electron chi connectivity index (χ2n) is 3.58. The Kier molecular flexibility index (Phi) is 5.14. The molecule has 0 spiro atoms. The molecule has 1 aromatic heterocycles. The molecule has 1 N–H and O–H groups in total. The number of rotatable bonds is 3. The maximum absolute atomic E-state index is 8.65. The molecule has 96 valence electrons. The van der Waals surface area contributed by atoms with Crippen molar-refractivity contribution >= 4 is 6.21 Å². The van der Waals surface area contributed by atoms with Crippen molar-refractivity contribution in [1.29, 1.82) is 0 Å². The van der Waals surface area contributed by atoms with Crippen molar-refractivity contribution in [1.82, 2.24) is 4.57 Å². The van der Waals surface area contributed by atoms with Crippen LogP contribution in [0.5, 0.6) is 5.75 Å². The predicted molar refractivity (Wildman–Crippen MR) is 62.9 cm³/mol. The molecule has 0 aliphatic heterocycles. The van der Waals surface area contributed by atoms with E-state index in [-0.39, 0.29) is 24.0 Å². The van der Waals surface area contributed by atoms with Crippen LogP contribution in [0.1, 0.15) is 5.82 Å². The zero-order valence-corrected chi connectivity index (χ0v) is 12.3. The van der Waals surface area contributed by atoms with E-state index in [0.717, 1.165) is 17.3 Å². The predicted octanol–water partition coefficient (Wildman–Crippen LogP) is -1.88. The molecule has 0 saturated heterocycles. The smallest absolute Gasteiger partial charge is 0.308 e. The SMILES string of the molecule is COc1cccc(-n2cc[n+](C)c2C=NO)c1.[I-]. The van der Waals surface area contributed by atoms with Crippen molar-refractivity contribution in [2.75, 3.05) is 7.11 Å². The minimum atomic E-state index is 0. The summed E-state index contributed by atoms with van der Waals surface area (Å²) < 4.78 is 8.95. The maximum atomic E-state index is 8.65. The van der Waals surface area contributed by atoms with E-state index in [4.69, 9.17) is 9.94 Å². The van der Waals surface area contributed by atoms with E-state index in [1.165, 1.54) is 6.21 Å². The van der Waals surface area contributed by atoms with Crippen molar-refractivity contribution in [3.05, 3.63) is 42.5 Å². The number of halogens is 1. The highest BCUT2D eigenvalue weighted by molar-refractivity contribution is 5.73. The van der Waals surface area contributed by atoms with Gasteiger partial charge < -0.3 is 33.9 Å². The van der Waals surface area contributed by atoms with Crippen LogP contribution < -0.4 is 33.3 Å². The first kappa shape index (κ1) is 14.5. The summed E-state index contributed by atoms with van der Waals surface area (Å²) in [5.74, 6) is 1.55. The van der Waals surface area contributed by atoms with Gasteiger partial charge in [0.2, 0.25) is 0 Å². The number of ether oxygens (including phenoxy) is 1. The third-order valence-corrected chi connectivity index (χ3v) is 2.55. The Balaban J connectivity index is 0.00000162. The van der Waals surface area contributed by atoms with E-state index in [0.29, 0.717) is 0 Å². The molecular weight excluding hydrogens is 345 g/mol. The highest BCUT2D eigenvalue weighted by atomic mass is 127. The van der Waals surface area contributed by atoms with Crippen LogP contribution in [-0.2, 0) is 7.05 Å². The zero-order valence-electron chi connectivity index (χ0n) is 10.1. The molecule has 0 atom stereocenters. The Morgan fingerprint density at radius 3 is 2.89 bits per heavy atom. The number of aryl methyl sites for hydroxylation is 1. The molecule has 6 heteroatoms. The molecule has 0 aliphatic rings. The second kappa shape index (κ2) is 6.39. The van der Waals surface area contributed by atoms with Crippen molar-refractivity contribution in [3.63, 3.8) is 0 Å². The van der Waals surface area contributed by atoms with Crippen LogP contribution in [0, 0.1) is 0 Å². The first-order valence-electron chi connectivity index (χ1n) is 5.15. The van der Waals surface area contributed by atoms with Gasteiger partial charge >= 0.3 is 5.82 Å². The van der Waals surface area contributed by atoms with Crippen LogP contribution in [0.25, 0.3) is 5.69 Å². The van der Waals surface area contributed by atoms with Crippen LogP contribution in [0.4, 0.5) is 0 Å². The van der Waals surface area contributed by atoms with E-state index >= 15 is 0 Å². The van der Waals surface area contributed by atoms with E-state index in [2.05, 4.69) is 5.16 Å². The molecule has 0 amide bonds. The maximum Gasteiger partial charge on any atom is 0.308 e. The molecule has 0 unspecified atom stereocenters. The number of hydrogen-bond acceptors (Lipinski definition) is 3. The zero-order chi connectivity index (χ0) is 12.3. The van der Waals surface area contributed by atoms with Gasteiger partial charge in [-0.2, -0.15) is 4.57 Å². The molecule has 0 fully saturated rings. The van der Waals surface area contributed by atoms with Crippen molar-refractivity contribution < 1.29 is 38.5 Å². The van der Waals surface area contributed by atoms with Crippen LogP contribution in [-0.4, -0.2) is 23.1 Å². The van der Waals surface area contributed by atoms with Crippen molar-refractivity contribution in [2.24, 2.45) is 12.2 Å². The van der Waals surface area contributed by atoms with Crippen molar-refractivity contribution in [2.45, 2.75) is 0 Å². The molecule has 5 nitrogen and oxygen atoms in total. The first-order chi connectivity index (χ1) is 8.26. The van der Waals surface area contributed by atoms with E-state index in [1.807, 2.05) is 52.8 Å². The number of benzene rings is 1. The lowest BCUT2D eigenvalue weighted by Crippen LogP contribution is -3.00. The summed E-state index contributed by atoms with van der Waals surface area (Å²) in [5.41, 5.74) is 0.944. The number of hydrogen-bond donors (Lipinski definition) is 1. The summed E-state index contributed by atoms with van der Waals surface area (Å²) in [4.78, 5) is 0. The van der Waals surface area contributed by atoms with Gasteiger partial charge in [0, 0.05) is 6.07 Å². The Morgan fingerprint density at radius 1 is 1.44 bits per heavy atom. The monoisotopic (exact) mass is 359 g/mol. The van der Waals surface area contributed by atoms with Gasteiger partial charge in [-0.25, -0.2) is 4.57 Å². The van der Waals surface area contributed by atoms with Gasteiger partial charge in [0.05, 0.1) is 14.2 Å². The average Bonchev–Trinajstić information content (AvgIpc) is 2.72. The van der Waals surface area contributed by atoms with E-state index in [9.17, 15) is 0 Å². The number of nitrogens with zero attached hydrogens (tertiary/aromatic N) is 3. The fourth-order valence-corrected chi connectivity index (χ4v) is 1.67. The average molecular weight is 359 g/mol. The molecule has 0 saturated carbocycles. The van der Waals surface area contributed by atoms with Gasteiger partial charge in [0.25, 0.3) is 0 Å². The summed E-state index contributed by atoms with van der Waals surface area (Å²) in [6, 6.07) is 7.66. The van der Waals surface area contributed by atoms with Crippen LogP contribution in [0.15, 0.2) is 41.8 Å². The highest BCUT2D eigenvalue weighted by Crippen LogP contribution is 2.16. The molecular formula is C12H14IN3O2. The molecule has 2 aromatic rings. The highest BCUT2D eigenvalue weighted by Gasteiger charge is 2.14. The topological polar surface area (TPSA) is 50.6 Å². The van der Waals surface area contributed by atoms with E-state index < -0.39 is 0 Å². The number of imidazole rings is 1. The quantitative estimate of drug-likeness (QED) is 0.229. The normalized spacial score (nSPS) is 10.3. The fourth-order valence-electron chi connectivity index (χ4n) is 1.67. The molecule has 0 aliphatic carbocycles. The Morgan fingerprint density at radius 2 is 2.22 bits per heavy atom. The molecule has 18 heavy (non-hydrogen) atoms. The Bertz CT molecular complexity index is 552. The number of aromatic nitrogens is 2. The van der Waals surface area contributed by atoms with Gasteiger partial charge in [-0.15, -0.1) is 0 Å². The third kappa shape index (κ3) is 2.81. The number of methoxy groups -OCH3 is 1. The summed E-state index contributed by atoms with van der Waals surface area (Å²) in [6.07, 6.45) is 5.17. The molecule has 0 bridgehead atoms. The van der Waals surface area contributed by atoms with Gasteiger partial charge in [-0.3, -0.25) is 0 Å². The summed E-state index contributed by atoms with van der Waals surface area (Å²) in [7, 11) is 3.51. The lowest BCUT2D eigenvalue weighted by molar-refractivity contribution is -0.671. The van der Waals surface area contributed by atoms with Gasteiger partial charge in [-0.05, 0) is 12.1 Å². The molecule has 1 heterocycles. The third-order valence-electron chi connectivity index (χ3n) is 2.55. The van der Waals surface area contributed by atoms with Gasteiger partial charge in [-0.1, -0.05) is 11.2 Å².